The minimum absolute atomic E-state index is 0.236. The molecule has 1 heterocycles. The van der Waals surface area contributed by atoms with E-state index in [2.05, 4.69) is 34.8 Å². The van der Waals surface area contributed by atoms with Crippen molar-refractivity contribution < 1.29 is 0 Å². The van der Waals surface area contributed by atoms with E-state index in [-0.39, 0.29) is 6.04 Å². The van der Waals surface area contributed by atoms with Crippen molar-refractivity contribution in [3.8, 4) is 0 Å². The van der Waals surface area contributed by atoms with E-state index in [1.165, 1.54) is 11.3 Å². The highest BCUT2D eigenvalue weighted by atomic mass is 35.5. The minimum Gasteiger partial charge on any atom is -0.326 e. The summed E-state index contributed by atoms with van der Waals surface area (Å²) >= 11 is 6.04. The van der Waals surface area contributed by atoms with E-state index in [0.717, 1.165) is 18.1 Å². The molecule has 0 aliphatic carbocycles. The third-order valence-corrected chi connectivity index (χ3v) is 3.29. The van der Waals surface area contributed by atoms with E-state index in [1.807, 2.05) is 30.7 Å². The summed E-state index contributed by atoms with van der Waals surface area (Å²) in [5.74, 6) is 0. The summed E-state index contributed by atoms with van der Waals surface area (Å²) < 4.78 is 2.17. The van der Waals surface area contributed by atoms with Gasteiger partial charge in [-0.05, 0) is 31.2 Å². The van der Waals surface area contributed by atoms with Gasteiger partial charge in [-0.15, -0.1) is 0 Å². The Kier molecular flexibility index (Phi) is 4.39. The van der Waals surface area contributed by atoms with Gasteiger partial charge in [0.1, 0.15) is 0 Å². The Balaban J connectivity index is 2.23. The first-order chi connectivity index (χ1) is 8.72. The number of halogens is 1. The van der Waals surface area contributed by atoms with E-state index in [4.69, 9.17) is 11.6 Å². The van der Waals surface area contributed by atoms with Gasteiger partial charge in [-0.1, -0.05) is 30.7 Å². The lowest BCUT2D eigenvalue weighted by atomic mass is 10.1. The molecule has 3 nitrogen and oxygen atoms in total. The van der Waals surface area contributed by atoms with Crippen molar-refractivity contribution in [1.29, 1.82) is 0 Å². The highest BCUT2D eigenvalue weighted by molar-refractivity contribution is 6.30. The molecule has 0 saturated heterocycles. The van der Waals surface area contributed by atoms with Crippen LogP contribution in [0.4, 0.5) is 0 Å². The zero-order valence-electron chi connectivity index (χ0n) is 10.7. The third-order valence-electron chi connectivity index (χ3n) is 3.05. The molecule has 18 heavy (non-hydrogen) atoms. The summed E-state index contributed by atoms with van der Waals surface area (Å²) in [6, 6.07) is 8.21. The van der Waals surface area contributed by atoms with Crippen LogP contribution >= 0.6 is 11.6 Å². The average molecular weight is 264 g/mol. The number of rotatable bonds is 5. The van der Waals surface area contributed by atoms with Crippen molar-refractivity contribution >= 4 is 11.6 Å². The summed E-state index contributed by atoms with van der Waals surface area (Å²) in [7, 11) is 0. The number of benzene rings is 1. The van der Waals surface area contributed by atoms with Crippen LogP contribution in [0.25, 0.3) is 0 Å². The Hall–Kier alpha value is -1.32. The molecule has 2 aromatic rings. The first-order valence-corrected chi connectivity index (χ1v) is 6.57. The first-order valence-electron chi connectivity index (χ1n) is 6.19. The smallest absolute Gasteiger partial charge is 0.0954 e. The Morgan fingerprint density at radius 3 is 3.00 bits per heavy atom. The van der Waals surface area contributed by atoms with Crippen molar-refractivity contribution in [1.82, 2.24) is 14.9 Å². The second-order valence-corrected chi connectivity index (χ2v) is 4.74. The second kappa shape index (κ2) is 6.03. The van der Waals surface area contributed by atoms with Crippen molar-refractivity contribution in [3.63, 3.8) is 0 Å². The van der Waals surface area contributed by atoms with Crippen LogP contribution in [0.5, 0.6) is 0 Å². The largest absolute Gasteiger partial charge is 0.326 e. The molecule has 0 spiro atoms. The normalized spacial score (nSPS) is 12.6. The van der Waals surface area contributed by atoms with Crippen LogP contribution in [-0.4, -0.2) is 16.1 Å². The Bertz CT molecular complexity index is 507. The number of nitrogens with one attached hydrogen (secondary N) is 1. The van der Waals surface area contributed by atoms with E-state index in [0.29, 0.717) is 0 Å². The maximum Gasteiger partial charge on any atom is 0.0954 e. The Morgan fingerprint density at radius 1 is 1.44 bits per heavy atom. The molecule has 1 unspecified atom stereocenters. The van der Waals surface area contributed by atoms with E-state index in [1.54, 1.807) is 0 Å². The van der Waals surface area contributed by atoms with Crippen LogP contribution in [0.2, 0.25) is 5.02 Å². The zero-order chi connectivity index (χ0) is 13.0. The molecule has 1 N–H and O–H groups in total. The molecule has 4 heteroatoms. The summed E-state index contributed by atoms with van der Waals surface area (Å²) in [6.45, 7) is 6.04. The summed E-state index contributed by atoms with van der Waals surface area (Å²) in [4.78, 5) is 4.23. The van der Waals surface area contributed by atoms with Gasteiger partial charge >= 0.3 is 0 Å². The van der Waals surface area contributed by atoms with Crippen molar-refractivity contribution in [2.24, 2.45) is 0 Å². The Labute approximate surface area is 113 Å². The molecule has 0 amide bonds. The van der Waals surface area contributed by atoms with Gasteiger partial charge < -0.3 is 9.88 Å². The summed E-state index contributed by atoms with van der Waals surface area (Å²) in [6.07, 6.45) is 3.78. The van der Waals surface area contributed by atoms with Gasteiger partial charge in [0.15, 0.2) is 0 Å². The number of hydrogen-bond acceptors (Lipinski definition) is 2. The fourth-order valence-electron chi connectivity index (χ4n) is 2.00. The van der Waals surface area contributed by atoms with Gasteiger partial charge in [-0.3, -0.25) is 0 Å². The van der Waals surface area contributed by atoms with E-state index in [9.17, 15) is 0 Å². The predicted octanol–water partition coefficient (Wildman–Crippen LogP) is 3.26. The molecule has 0 saturated carbocycles. The van der Waals surface area contributed by atoms with Crippen molar-refractivity contribution in [3.05, 3.63) is 53.1 Å². The van der Waals surface area contributed by atoms with Crippen LogP contribution in [-0.2, 0) is 6.54 Å². The molecular formula is C14H18ClN3. The monoisotopic (exact) mass is 263 g/mol. The molecule has 0 aliphatic heterocycles. The Morgan fingerprint density at radius 2 is 2.28 bits per heavy atom. The topological polar surface area (TPSA) is 29.9 Å². The molecule has 0 bridgehead atoms. The lowest BCUT2D eigenvalue weighted by Crippen LogP contribution is -2.17. The van der Waals surface area contributed by atoms with Gasteiger partial charge in [0.05, 0.1) is 18.1 Å². The lowest BCUT2D eigenvalue weighted by molar-refractivity contribution is 0.583. The second-order valence-electron chi connectivity index (χ2n) is 4.30. The van der Waals surface area contributed by atoms with Crippen molar-refractivity contribution in [2.75, 3.05) is 6.54 Å². The van der Waals surface area contributed by atoms with Crippen LogP contribution < -0.4 is 5.32 Å². The summed E-state index contributed by atoms with van der Waals surface area (Å²) in [5.41, 5.74) is 2.38. The van der Waals surface area contributed by atoms with Crippen LogP contribution in [0, 0.1) is 0 Å². The number of aromatic nitrogens is 2. The SMILES string of the molecule is CCNCc1cncn1C(C)c1cccc(Cl)c1. The summed E-state index contributed by atoms with van der Waals surface area (Å²) in [5, 5.41) is 4.09. The van der Waals surface area contributed by atoms with Gasteiger partial charge in [0, 0.05) is 17.8 Å². The molecule has 1 atom stereocenters. The van der Waals surface area contributed by atoms with Gasteiger partial charge in [-0.2, -0.15) is 0 Å². The van der Waals surface area contributed by atoms with Gasteiger partial charge in [-0.25, -0.2) is 4.98 Å². The average Bonchev–Trinajstić information content (AvgIpc) is 2.83. The third kappa shape index (κ3) is 2.92. The molecule has 0 aliphatic rings. The quantitative estimate of drug-likeness (QED) is 0.897. The molecule has 96 valence electrons. The highest BCUT2D eigenvalue weighted by Gasteiger charge is 2.11. The first kappa shape index (κ1) is 13.1. The lowest BCUT2D eigenvalue weighted by Gasteiger charge is -2.17. The van der Waals surface area contributed by atoms with Gasteiger partial charge in [0.2, 0.25) is 0 Å². The molecule has 2 rings (SSSR count). The molecule has 1 aromatic carbocycles. The standard InChI is InChI=1S/C14H18ClN3/c1-3-16-8-14-9-17-10-18(14)11(2)12-5-4-6-13(15)7-12/h4-7,9-11,16H,3,8H2,1-2H3. The number of hydrogen-bond donors (Lipinski definition) is 1. The molecule has 1 aromatic heterocycles. The maximum atomic E-state index is 6.04. The fourth-order valence-corrected chi connectivity index (χ4v) is 2.20. The predicted molar refractivity (Wildman–Crippen MR) is 74.9 cm³/mol. The zero-order valence-corrected chi connectivity index (χ0v) is 11.5. The maximum absolute atomic E-state index is 6.04. The fraction of sp³-hybridized carbons (Fsp3) is 0.357. The molecular weight excluding hydrogens is 246 g/mol. The number of nitrogens with zero attached hydrogens (tertiary/aromatic N) is 2. The van der Waals surface area contributed by atoms with Crippen LogP contribution in [0.15, 0.2) is 36.8 Å². The van der Waals surface area contributed by atoms with E-state index < -0.39 is 0 Å². The molecule has 0 radical (unpaired) electrons. The number of imidazole rings is 1. The van der Waals surface area contributed by atoms with Crippen LogP contribution in [0.3, 0.4) is 0 Å². The highest BCUT2D eigenvalue weighted by Crippen LogP contribution is 2.22. The minimum atomic E-state index is 0.236. The molecule has 0 fully saturated rings. The van der Waals surface area contributed by atoms with E-state index >= 15 is 0 Å². The van der Waals surface area contributed by atoms with Crippen LogP contribution in [0.1, 0.15) is 31.1 Å². The van der Waals surface area contributed by atoms with Crippen molar-refractivity contribution in [2.45, 2.75) is 26.4 Å². The van der Waals surface area contributed by atoms with Gasteiger partial charge in [0.25, 0.3) is 0 Å².